The van der Waals surface area contributed by atoms with E-state index in [1.165, 1.54) is 24.3 Å². The zero-order valence-electron chi connectivity index (χ0n) is 10.8. The lowest BCUT2D eigenvalue weighted by Crippen LogP contribution is -1.99. The lowest BCUT2D eigenvalue weighted by molar-refractivity contribution is 0.298. The lowest BCUT2D eigenvalue weighted by Gasteiger charge is -2.08. The minimum absolute atomic E-state index is 0.0329. The normalized spacial score (nSPS) is 9.90. The molecule has 0 N–H and O–H groups in total. The van der Waals surface area contributed by atoms with Crippen LogP contribution in [0.1, 0.15) is 11.1 Å². The van der Waals surface area contributed by atoms with Crippen LogP contribution in [0, 0.1) is 23.5 Å². The molecule has 0 aromatic heterocycles. The number of ether oxygens (including phenoxy) is 1. The second-order valence-corrected chi connectivity index (χ2v) is 4.84. The lowest BCUT2D eigenvalue weighted by atomic mass is 10.2. The third-order valence-corrected chi connectivity index (χ3v) is 2.95. The predicted octanol–water partition coefficient (Wildman–Crippen LogP) is 4.79. The van der Waals surface area contributed by atoms with Crippen molar-refractivity contribution >= 4 is 23.2 Å². The number of rotatable bonds is 3. The van der Waals surface area contributed by atoms with Gasteiger partial charge in [-0.15, -0.1) is 11.6 Å². The Labute approximate surface area is 131 Å². The molecule has 5 heteroatoms. The molecule has 0 spiro atoms. The Morgan fingerprint density at radius 2 is 1.90 bits per heavy atom. The van der Waals surface area contributed by atoms with E-state index in [0.29, 0.717) is 16.1 Å². The van der Waals surface area contributed by atoms with Crippen molar-refractivity contribution in [1.29, 1.82) is 0 Å². The summed E-state index contributed by atoms with van der Waals surface area (Å²) in [7, 11) is 0. The molecule has 108 valence electrons. The molecule has 0 saturated heterocycles. The van der Waals surface area contributed by atoms with Crippen molar-refractivity contribution in [2.75, 3.05) is 5.88 Å². The Hall–Kier alpha value is -1.76. The molecule has 0 bridgehead atoms. The Balaban J connectivity index is 2.14. The fourth-order valence-corrected chi connectivity index (χ4v) is 1.88. The summed E-state index contributed by atoms with van der Waals surface area (Å²) in [6, 6.07) is 8.33. The van der Waals surface area contributed by atoms with Gasteiger partial charge in [-0.25, -0.2) is 8.78 Å². The summed E-state index contributed by atoms with van der Waals surface area (Å²) >= 11 is 11.1. The van der Waals surface area contributed by atoms with Gasteiger partial charge in [0.2, 0.25) is 0 Å². The fraction of sp³-hybridized carbons (Fsp3) is 0.125. The van der Waals surface area contributed by atoms with Crippen LogP contribution in [0.3, 0.4) is 0 Å². The third-order valence-electron chi connectivity index (χ3n) is 2.58. The van der Waals surface area contributed by atoms with Crippen LogP contribution in [0.15, 0.2) is 36.4 Å². The van der Waals surface area contributed by atoms with Crippen LogP contribution in [-0.4, -0.2) is 5.88 Å². The van der Waals surface area contributed by atoms with Crippen molar-refractivity contribution in [2.45, 2.75) is 6.61 Å². The average Bonchev–Trinajstić information content (AvgIpc) is 2.43. The molecule has 0 unspecified atom stereocenters. The molecular weight excluding hydrogens is 317 g/mol. The predicted molar refractivity (Wildman–Crippen MR) is 79.7 cm³/mol. The molecule has 0 aliphatic heterocycles. The first-order chi connectivity index (χ1) is 10.1. The maximum absolute atomic E-state index is 13.6. The Morgan fingerprint density at radius 3 is 2.62 bits per heavy atom. The molecule has 0 amide bonds. The summed E-state index contributed by atoms with van der Waals surface area (Å²) in [5.41, 5.74) is 0.777. The highest BCUT2D eigenvalue weighted by molar-refractivity contribution is 6.30. The molecule has 0 saturated carbocycles. The van der Waals surface area contributed by atoms with Gasteiger partial charge < -0.3 is 4.74 Å². The minimum Gasteiger partial charge on any atom is -0.489 e. The van der Waals surface area contributed by atoms with E-state index in [9.17, 15) is 8.78 Å². The molecule has 0 aliphatic carbocycles. The second kappa shape index (κ2) is 7.31. The number of hydrogen-bond acceptors (Lipinski definition) is 1. The Morgan fingerprint density at radius 1 is 1.10 bits per heavy atom. The smallest absolute Gasteiger partial charge is 0.131 e. The van der Waals surface area contributed by atoms with Crippen LogP contribution in [0.25, 0.3) is 0 Å². The fourth-order valence-electron chi connectivity index (χ4n) is 1.65. The summed E-state index contributed by atoms with van der Waals surface area (Å²) in [6.07, 6.45) is 0. The average molecular weight is 327 g/mol. The molecule has 2 rings (SSSR count). The number of hydrogen-bond donors (Lipinski definition) is 0. The summed E-state index contributed by atoms with van der Waals surface area (Å²) in [5, 5.41) is 0.306. The van der Waals surface area contributed by atoms with Crippen molar-refractivity contribution in [2.24, 2.45) is 0 Å². The van der Waals surface area contributed by atoms with Crippen molar-refractivity contribution in [3.8, 4) is 17.6 Å². The first kappa shape index (κ1) is 15.6. The zero-order valence-corrected chi connectivity index (χ0v) is 12.3. The van der Waals surface area contributed by atoms with Gasteiger partial charge in [-0.3, -0.25) is 0 Å². The van der Waals surface area contributed by atoms with Crippen molar-refractivity contribution in [3.05, 3.63) is 64.2 Å². The van der Waals surface area contributed by atoms with Gasteiger partial charge in [0, 0.05) is 22.2 Å². The monoisotopic (exact) mass is 326 g/mol. The third kappa shape index (κ3) is 4.63. The quantitative estimate of drug-likeness (QED) is 0.582. The molecule has 2 aromatic rings. The van der Waals surface area contributed by atoms with Gasteiger partial charge in [-0.1, -0.05) is 29.5 Å². The van der Waals surface area contributed by atoms with E-state index in [4.69, 9.17) is 27.9 Å². The van der Waals surface area contributed by atoms with Gasteiger partial charge in [-0.05, 0) is 24.3 Å². The van der Waals surface area contributed by atoms with Gasteiger partial charge in [0.25, 0.3) is 0 Å². The molecule has 0 atom stereocenters. The van der Waals surface area contributed by atoms with E-state index in [1.807, 2.05) is 0 Å². The summed E-state index contributed by atoms with van der Waals surface area (Å²) < 4.78 is 32.4. The summed E-state index contributed by atoms with van der Waals surface area (Å²) in [4.78, 5) is 0. The number of benzene rings is 2. The van der Waals surface area contributed by atoms with E-state index in [2.05, 4.69) is 11.8 Å². The Bertz CT molecular complexity index is 705. The first-order valence-corrected chi connectivity index (χ1v) is 6.92. The maximum atomic E-state index is 13.6. The van der Waals surface area contributed by atoms with Gasteiger partial charge in [0.15, 0.2) is 0 Å². The van der Waals surface area contributed by atoms with Crippen LogP contribution in [0.4, 0.5) is 8.78 Å². The number of halogens is 4. The summed E-state index contributed by atoms with van der Waals surface area (Å²) in [5.74, 6) is 4.79. The van der Waals surface area contributed by atoms with E-state index >= 15 is 0 Å². The van der Waals surface area contributed by atoms with E-state index in [0.717, 1.165) is 0 Å². The topological polar surface area (TPSA) is 9.23 Å². The molecule has 0 aliphatic rings. The second-order valence-electron chi connectivity index (χ2n) is 4.14. The highest BCUT2D eigenvalue weighted by Crippen LogP contribution is 2.20. The molecule has 21 heavy (non-hydrogen) atoms. The van der Waals surface area contributed by atoms with Crippen LogP contribution in [0.5, 0.6) is 5.75 Å². The SMILES string of the molecule is Fc1cc(C#CCCl)cc(OCc2ccc(Cl)cc2F)c1. The van der Waals surface area contributed by atoms with Gasteiger partial charge in [0.1, 0.15) is 24.0 Å². The minimum atomic E-state index is -0.483. The molecule has 0 radical (unpaired) electrons. The number of alkyl halides is 1. The molecule has 0 heterocycles. The molecule has 1 nitrogen and oxygen atoms in total. The van der Waals surface area contributed by atoms with Gasteiger partial charge in [-0.2, -0.15) is 0 Å². The van der Waals surface area contributed by atoms with Crippen molar-refractivity contribution in [1.82, 2.24) is 0 Å². The largest absolute Gasteiger partial charge is 0.489 e. The standard InChI is InChI=1S/C16H10Cl2F2O/c17-5-1-2-11-6-14(19)9-15(7-11)21-10-12-3-4-13(18)8-16(12)20/h3-4,6-9H,5,10H2. The first-order valence-electron chi connectivity index (χ1n) is 6.00. The highest BCUT2D eigenvalue weighted by atomic mass is 35.5. The van der Waals surface area contributed by atoms with Crippen LogP contribution in [0.2, 0.25) is 5.02 Å². The molecule has 2 aromatic carbocycles. The Kier molecular flexibility index (Phi) is 5.44. The summed E-state index contributed by atoms with van der Waals surface area (Å²) in [6.45, 7) is -0.0329. The molecular formula is C16H10Cl2F2O. The van der Waals surface area contributed by atoms with Crippen molar-refractivity contribution in [3.63, 3.8) is 0 Å². The molecule has 0 fully saturated rings. The van der Waals surface area contributed by atoms with E-state index in [-0.39, 0.29) is 18.2 Å². The van der Waals surface area contributed by atoms with Crippen LogP contribution >= 0.6 is 23.2 Å². The highest BCUT2D eigenvalue weighted by Gasteiger charge is 2.05. The van der Waals surface area contributed by atoms with E-state index < -0.39 is 11.6 Å². The van der Waals surface area contributed by atoms with Crippen LogP contribution < -0.4 is 4.74 Å². The van der Waals surface area contributed by atoms with Crippen molar-refractivity contribution < 1.29 is 13.5 Å². The van der Waals surface area contributed by atoms with E-state index in [1.54, 1.807) is 12.1 Å². The van der Waals surface area contributed by atoms with Crippen LogP contribution in [-0.2, 0) is 6.61 Å². The zero-order chi connectivity index (χ0) is 15.2. The maximum Gasteiger partial charge on any atom is 0.131 e. The van der Waals surface area contributed by atoms with Gasteiger partial charge in [0.05, 0.1) is 5.88 Å². The van der Waals surface area contributed by atoms with Gasteiger partial charge >= 0.3 is 0 Å².